The van der Waals surface area contributed by atoms with E-state index >= 15 is 0 Å². The van der Waals surface area contributed by atoms with Crippen LogP contribution in [0.15, 0.2) is 84.9 Å². The summed E-state index contributed by atoms with van der Waals surface area (Å²) < 4.78 is 5.52. The van der Waals surface area contributed by atoms with E-state index < -0.39 is 0 Å². The summed E-state index contributed by atoms with van der Waals surface area (Å²) in [4.78, 5) is 26.1. The molecule has 148 valence electrons. The van der Waals surface area contributed by atoms with E-state index in [0.29, 0.717) is 11.3 Å². The zero-order valence-electron chi connectivity index (χ0n) is 16.5. The normalized spacial score (nSPS) is 10.4. The molecule has 0 spiro atoms. The van der Waals surface area contributed by atoms with Gasteiger partial charge in [0.1, 0.15) is 5.75 Å². The first-order chi connectivity index (χ1) is 14.0. The number of nitrogens with one attached hydrogen (secondary N) is 1. The number of nitrogens with zero attached hydrogens (tertiary/aromatic N) is 1. The van der Waals surface area contributed by atoms with Crippen molar-refractivity contribution < 1.29 is 14.3 Å². The van der Waals surface area contributed by atoms with Crippen LogP contribution in [-0.2, 0) is 4.79 Å². The number of hydrogen-bond donors (Lipinski definition) is 1. The van der Waals surface area contributed by atoms with E-state index in [2.05, 4.69) is 5.32 Å². The molecule has 0 aromatic heterocycles. The Labute approximate surface area is 170 Å². The van der Waals surface area contributed by atoms with E-state index in [1.54, 1.807) is 38.4 Å². The Balaban J connectivity index is 1.78. The third-order valence-electron chi connectivity index (χ3n) is 4.50. The first-order valence-electron chi connectivity index (χ1n) is 9.38. The molecule has 0 atom stereocenters. The third kappa shape index (κ3) is 5.45. The van der Waals surface area contributed by atoms with Gasteiger partial charge in [-0.05, 0) is 29.3 Å². The molecular weight excluding hydrogens is 364 g/mol. The van der Waals surface area contributed by atoms with Gasteiger partial charge in [-0.1, -0.05) is 66.7 Å². The van der Waals surface area contributed by atoms with Gasteiger partial charge in [-0.3, -0.25) is 9.59 Å². The molecule has 0 aliphatic carbocycles. The van der Waals surface area contributed by atoms with Crippen molar-refractivity contribution in [2.45, 2.75) is 6.04 Å². The van der Waals surface area contributed by atoms with Crippen molar-refractivity contribution in [1.82, 2.24) is 10.2 Å². The molecule has 0 saturated heterocycles. The summed E-state index contributed by atoms with van der Waals surface area (Å²) in [6, 6.07) is 26.2. The molecule has 0 saturated carbocycles. The Morgan fingerprint density at radius 2 is 1.45 bits per heavy atom. The van der Waals surface area contributed by atoms with Gasteiger partial charge in [0, 0.05) is 19.7 Å². The number of carbonyl (C=O) groups excluding carboxylic acids is 2. The topological polar surface area (TPSA) is 58.6 Å². The van der Waals surface area contributed by atoms with Crippen LogP contribution in [0.2, 0.25) is 0 Å². The number of carbonyl (C=O) groups is 2. The van der Waals surface area contributed by atoms with Crippen LogP contribution in [-0.4, -0.2) is 37.4 Å². The zero-order chi connectivity index (χ0) is 20.6. The van der Waals surface area contributed by atoms with E-state index in [4.69, 9.17) is 4.74 Å². The minimum Gasteiger partial charge on any atom is -0.484 e. The molecule has 0 unspecified atom stereocenters. The van der Waals surface area contributed by atoms with Crippen molar-refractivity contribution in [3.63, 3.8) is 0 Å². The second kappa shape index (κ2) is 9.55. The smallest absolute Gasteiger partial charge is 0.259 e. The molecule has 0 heterocycles. The van der Waals surface area contributed by atoms with Crippen LogP contribution in [0.1, 0.15) is 27.5 Å². The lowest BCUT2D eigenvalue weighted by molar-refractivity contribution is -0.130. The maximum atomic E-state index is 13.0. The van der Waals surface area contributed by atoms with Crippen LogP contribution in [0.5, 0.6) is 5.75 Å². The van der Waals surface area contributed by atoms with Gasteiger partial charge < -0.3 is 15.0 Å². The average molecular weight is 388 g/mol. The molecule has 3 aromatic carbocycles. The van der Waals surface area contributed by atoms with Crippen molar-refractivity contribution >= 4 is 11.8 Å². The molecule has 0 radical (unpaired) electrons. The quantitative estimate of drug-likeness (QED) is 0.672. The van der Waals surface area contributed by atoms with Crippen LogP contribution in [0.25, 0.3) is 0 Å². The fourth-order valence-corrected chi connectivity index (χ4v) is 2.87. The molecule has 3 aromatic rings. The van der Waals surface area contributed by atoms with Crippen LogP contribution >= 0.6 is 0 Å². The Kier molecular flexibility index (Phi) is 6.63. The number of benzene rings is 3. The largest absolute Gasteiger partial charge is 0.484 e. The highest BCUT2D eigenvalue weighted by Gasteiger charge is 2.18. The second-order valence-electron chi connectivity index (χ2n) is 6.83. The summed E-state index contributed by atoms with van der Waals surface area (Å²) in [7, 11) is 3.34. The van der Waals surface area contributed by atoms with Crippen molar-refractivity contribution in [3.8, 4) is 5.75 Å². The van der Waals surface area contributed by atoms with E-state index in [9.17, 15) is 9.59 Å². The summed E-state index contributed by atoms with van der Waals surface area (Å²) in [5, 5.41) is 3.11. The monoisotopic (exact) mass is 388 g/mol. The first-order valence-corrected chi connectivity index (χ1v) is 9.38. The molecule has 0 aliphatic heterocycles. The molecular formula is C24H24N2O3. The fraction of sp³-hybridized carbons (Fsp3) is 0.167. The van der Waals surface area contributed by atoms with E-state index in [0.717, 1.165) is 11.1 Å². The predicted molar refractivity (Wildman–Crippen MR) is 113 cm³/mol. The van der Waals surface area contributed by atoms with E-state index in [-0.39, 0.29) is 24.5 Å². The maximum Gasteiger partial charge on any atom is 0.259 e. The van der Waals surface area contributed by atoms with Crippen LogP contribution in [0.4, 0.5) is 0 Å². The molecule has 1 N–H and O–H groups in total. The highest BCUT2D eigenvalue weighted by molar-refractivity contribution is 5.95. The number of ether oxygens (including phenoxy) is 1. The van der Waals surface area contributed by atoms with Gasteiger partial charge in [-0.25, -0.2) is 0 Å². The first kappa shape index (κ1) is 20.1. The molecule has 0 aliphatic rings. The summed E-state index contributed by atoms with van der Waals surface area (Å²) in [6.45, 7) is -0.0747. The highest BCUT2D eigenvalue weighted by Crippen LogP contribution is 2.23. The van der Waals surface area contributed by atoms with Gasteiger partial charge in [0.2, 0.25) is 0 Å². The number of likely N-dealkylation sites (N-methyl/N-ethyl adjacent to an activating group) is 1. The van der Waals surface area contributed by atoms with Crippen molar-refractivity contribution in [2.75, 3.05) is 20.7 Å². The lowest BCUT2D eigenvalue weighted by atomic mass is 9.98. The Morgan fingerprint density at radius 3 is 2.00 bits per heavy atom. The highest BCUT2D eigenvalue weighted by atomic mass is 16.5. The van der Waals surface area contributed by atoms with Crippen molar-refractivity contribution in [1.29, 1.82) is 0 Å². The van der Waals surface area contributed by atoms with Gasteiger partial charge >= 0.3 is 0 Å². The summed E-state index contributed by atoms with van der Waals surface area (Å²) >= 11 is 0. The predicted octanol–water partition coefficient (Wildman–Crippen LogP) is 3.67. The van der Waals surface area contributed by atoms with Crippen molar-refractivity contribution in [2.24, 2.45) is 0 Å². The fourth-order valence-electron chi connectivity index (χ4n) is 2.87. The zero-order valence-corrected chi connectivity index (χ0v) is 16.5. The molecule has 0 bridgehead atoms. The standard InChI is InChI=1S/C24H24N2O3/c1-26(2)22(27)17-29-21-15-9-14-20(16-21)24(28)25-23(18-10-5-3-6-11-18)19-12-7-4-8-13-19/h3-16,23H,17H2,1-2H3,(H,25,28). The number of hydrogen-bond acceptors (Lipinski definition) is 3. The maximum absolute atomic E-state index is 13.0. The summed E-state index contributed by atoms with van der Waals surface area (Å²) in [5.41, 5.74) is 2.46. The molecule has 5 nitrogen and oxygen atoms in total. The van der Waals surface area contributed by atoms with Gasteiger partial charge in [-0.15, -0.1) is 0 Å². The Hall–Kier alpha value is -3.60. The molecule has 0 fully saturated rings. The van der Waals surface area contributed by atoms with Crippen LogP contribution < -0.4 is 10.1 Å². The minimum absolute atomic E-state index is 0.0747. The Bertz CT molecular complexity index is 917. The average Bonchev–Trinajstić information content (AvgIpc) is 2.77. The Morgan fingerprint density at radius 1 is 0.862 bits per heavy atom. The van der Waals surface area contributed by atoms with Crippen LogP contribution in [0.3, 0.4) is 0 Å². The van der Waals surface area contributed by atoms with E-state index in [1.165, 1.54) is 4.90 Å². The minimum atomic E-state index is -0.273. The lowest BCUT2D eigenvalue weighted by Crippen LogP contribution is -2.29. The summed E-state index contributed by atoms with van der Waals surface area (Å²) in [6.07, 6.45) is 0. The molecule has 29 heavy (non-hydrogen) atoms. The molecule has 2 amide bonds. The van der Waals surface area contributed by atoms with Gasteiger partial charge in [0.05, 0.1) is 6.04 Å². The second-order valence-corrected chi connectivity index (χ2v) is 6.83. The molecule has 5 heteroatoms. The number of rotatable bonds is 7. The lowest BCUT2D eigenvalue weighted by Gasteiger charge is -2.20. The third-order valence-corrected chi connectivity index (χ3v) is 4.50. The summed E-state index contributed by atoms with van der Waals surface area (Å²) in [5.74, 6) is 0.115. The van der Waals surface area contributed by atoms with Crippen molar-refractivity contribution in [3.05, 3.63) is 102 Å². The van der Waals surface area contributed by atoms with Crippen LogP contribution in [0, 0.1) is 0 Å². The van der Waals surface area contributed by atoms with Gasteiger partial charge in [0.25, 0.3) is 11.8 Å². The van der Waals surface area contributed by atoms with Gasteiger partial charge in [-0.2, -0.15) is 0 Å². The number of amides is 2. The SMILES string of the molecule is CN(C)C(=O)COc1cccc(C(=O)NC(c2ccccc2)c2ccccc2)c1. The molecule has 3 rings (SSSR count). The van der Waals surface area contributed by atoms with Gasteiger partial charge in [0.15, 0.2) is 6.61 Å². The van der Waals surface area contributed by atoms with E-state index in [1.807, 2.05) is 60.7 Å².